The van der Waals surface area contributed by atoms with E-state index in [1.807, 2.05) is 0 Å². The summed E-state index contributed by atoms with van der Waals surface area (Å²) in [5.41, 5.74) is 0. The highest BCUT2D eigenvalue weighted by atomic mass is 32.2. The molecule has 0 fully saturated rings. The first kappa shape index (κ1) is 8.87. The second-order valence-electron chi connectivity index (χ2n) is 2.74. The van der Waals surface area contributed by atoms with E-state index in [1.54, 1.807) is 11.9 Å². The molecular weight excluding hydrogens is 130 g/mol. The second kappa shape index (κ2) is 3.81. The molecule has 0 aliphatic carbocycles. The van der Waals surface area contributed by atoms with Gasteiger partial charge < -0.3 is 0 Å². The van der Waals surface area contributed by atoms with Crippen LogP contribution in [-0.4, -0.2) is 11.3 Å². The molecule has 0 unspecified atom stereocenters. The fraction of sp³-hybridized carbons (Fsp3) is 0.714. The lowest BCUT2D eigenvalue weighted by Gasteiger charge is -2.16. The Labute approximate surface area is 61.7 Å². The van der Waals surface area contributed by atoms with E-state index < -0.39 is 0 Å². The zero-order valence-corrected chi connectivity index (χ0v) is 7.01. The molecule has 0 aliphatic rings. The van der Waals surface area contributed by atoms with E-state index in [9.17, 15) is 0 Å². The molecule has 0 saturated heterocycles. The Morgan fingerprint density at radius 2 is 2.11 bits per heavy atom. The van der Waals surface area contributed by atoms with Crippen LogP contribution in [0.5, 0.6) is 0 Å². The van der Waals surface area contributed by atoms with Crippen molar-refractivity contribution in [2.45, 2.75) is 25.5 Å². The molecule has 1 N–H and O–H groups in total. The molecule has 1 nitrogen and oxygen atoms in total. The molecule has 0 aromatic heterocycles. The smallest absolute Gasteiger partial charge is 0.0668 e. The van der Waals surface area contributed by atoms with Crippen LogP contribution in [0.25, 0.3) is 0 Å². The maximum Gasteiger partial charge on any atom is 0.0668 e. The largest absolute Gasteiger partial charge is 0.252 e. The molecule has 0 rings (SSSR count). The summed E-state index contributed by atoms with van der Waals surface area (Å²) in [4.78, 5) is 0. The van der Waals surface area contributed by atoms with Gasteiger partial charge in [0.1, 0.15) is 0 Å². The first-order valence-corrected chi connectivity index (χ1v) is 3.72. The Kier molecular flexibility index (Phi) is 3.76. The van der Waals surface area contributed by atoms with Crippen molar-refractivity contribution in [2.24, 2.45) is 0 Å². The van der Waals surface area contributed by atoms with E-state index >= 15 is 0 Å². The minimum absolute atomic E-state index is 0.261. The van der Waals surface area contributed by atoms with E-state index in [1.165, 1.54) is 0 Å². The number of rotatable bonds is 2. The van der Waals surface area contributed by atoms with Gasteiger partial charge in [-0.05, 0) is 20.8 Å². The normalized spacial score (nSPS) is 10.9. The molecule has 2 heteroatoms. The van der Waals surface area contributed by atoms with Gasteiger partial charge in [-0.15, -0.1) is 6.42 Å². The maximum atomic E-state index is 5.03. The van der Waals surface area contributed by atoms with Crippen molar-refractivity contribution in [1.82, 2.24) is 4.72 Å². The van der Waals surface area contributed by atoms with Crippen molar-refractivity contribution in [3.8, 4) is 12.3 Å². The van der Waals surface area contributed by atoms with Gasteiger partial charge in [0.25, 0.3) is 0 Å². The van der Waals surface area contributed by atoms with E-state index in [0.717, 1.165) is 0 Å². The van der Waals surface area contributed by atoms with Crippen LogP contribution < -0.4 is 4.72 Å². The Morgan fingerprint density at radius 3 is 2.44 bits per heavy atom. The number of hydrogen-bond donors (Lipinski definition) is 1. The van der Waals surface area contributed by atoms with Crippen LogP contribution in [0.1, 0.15) is 20.8 Å². The fourth-order valence-electron chi connectivity index (χ4n) is 0.294. The third kappa shape index (κ3) is 7.87. The Bertz CT molecular complexity index is 107. The monoisotopic (exact) mass is 143 g/mol. The molecule has 0 heterocycles. The van der Waals surface area contributed by atoms with E-state index in [2.05, 4.69) is 31.4 Å². The molecule has 0 bridgehead atoms. The van der Waals surface area contributed by atoms with E-state index in [0.29, 0.717) is 6.54 Å². The quantitative estimate of drug-likeness (QED) is 0.358. The second-order valence-corrected chi connectivity index (χ2v) is 4.46. The summed E-state index contributed by atoms with van der Waals surface area (Å²) in [6.45, 7) is 7.06. The van der Waals surface area contributed by atoms with Gasteiger partial charge in [0.2, 0.25) is 0 Å². The van der Waals surface area contributed by atoms with Crippen molar-refractivity contribution >= 4 is 11.9 Å². The molecule has 0 aliphatic heterocycles. The minimum Gasteiger partial charge on any atom is -0.252 e. The van der Waals surface area contributed by atoms with Gasteiger partial charge in [0.05, 0.1) is 6.54 Å². The van der Waals surface area contributed by atoms with Crippen LogP contribution >= 0.6 is 11.9 Å². The standard InChI is InChI=1S/C7H13NS/c1-5-6-8-9-7(2,3)4/h1,8H,6H2,2-4H3. The summed E-state index contributed by atoms with van der Waals surface area (Å²) in [5.74, 6) is 2.51. The zero-order chi connectivity index (χ0) is 7.33. The molecule has 0 saturated carbocycles. The topological polar surface area (TPSA) is 12.0 Å². The van der Waals surface area contributed by atoms with Gasteiger partial charge in [-0.25, -0.2) is 0 Å². The van der Waals surface area contributed by atoms with Crippen LogP contribution in [0.4, 0.5) is 0 Å². The molecule has 9 heavy (non-hydrogen) atoms. The van der Waals surface area contributed by atoms with Gasteiger partial charge in [0, 0.05) is 4.75 Å². The predicted molar refractivity (Wildman–Crippen MR) is 44.2 cm³/mol. The summed E-state index contributed by atoms with van der Waals surface area (Å²) >= 11 is 1.67. The van der Waals surface area contributed by atoms with Crippen LogP contribution in [0, 0.1) is 12.3 Å². The predicted octanol–water partition coefficient (Wildman–Crippen LogP) is 1.66. The third-order valence-corrected chi connectivity index (χ3v) is 1.45. The summed E-state index contributed by atoms with van der Waals surface area (Å²) < 4.78 is 3.32. The van der Waals surface area contributed by atoms with Gasteiger partial charge in [-0.2, -0.15) is 0 Å². The van der Waals surface area contributed by atoms with E-state index in [-0.39, 0.29) is 4.75 Å². The van der Waals surface area contributed by atoms with Gasteiger partial charge in [0.15, 0.2) is 0 Å². The van der Waals surface area contributed by atoms with Crippen molar-refractivity contribution in [3.63, 3.8) is 0 Å². The average Bonchev–Trinajstić information content (AvgIpc) is 1.63. The Morgan fingerprint density at radius 1 is 1.56 bits per heavy atom. The number of terminal acetylenes is 1. The highest BCUT2D eigenvalue weighted by Gasteiger charge is 2.08. The van der Waals surface area contributed by atoms with Crippen molar-refractivity contribution in [2.75, 3.05) is 6.54 Å². The first-order valence-electron chi connectivity index (χ1n) is 2.90. The van der Waals surface area contributed by atoms with Crippen LogP contribution in [0.2, 0.25) is 0 Å². The summed E-state index contributed by atoms with van der Waals surface area (Å²) in [6.07, 6.45) is 5.03. The highest BCUT2D eigenvalue weighted by Crippen LogP contribution is 2.18. The van der Waals surface area contributed by atoms with Gasteiger partial charge in [-0.1, -0.05) is 17.9 Å². The lowest BCUT2D eigenvalue weighted by Crippen LogP contribution is -2.16. The molecular formula is C7H13NS. The first-order chi connectivity index (χ1) is 4.06. The molecule has 0 atom stereocenters. The van der Waals surface area contributed by atoms with E-state index in [4.69, 9.17) is 6.42 Å². The number of nitrogens with one attached hydrogen (secondary N) is 1. The molecule has 0 spiro atoms. The SMILES string of the molecule is C#CCNSC(C)(C)C. The summed E-state index contributed by atoms with van der Waals surface area (Å²) in [6, 6.07) is 0. The Hall–Kier alpha value is -0.130. The number of hydrogen-bond acceptors (Lipinski definition) is 2. The summed E-state index contributed by atoms with van der Waals surface area (Å²) in [5, 5.41) is 0. The molecule has 0 amide bonds. The molecule has 0 radical (unpaired) electrons. The average molecular weight is 143 g/mol. The lowest BCUT2D eigenvalue weighted by molar-refractivity contribution is 0.795. The minimum atomic E-state index is 0.261. The highest BCUT2D eigenvalue weighted by molar-refractivity contribution is 7.98. The van der Waals surface area contributed by atoms with Gasteiger partial charge in [-0.3, -0.25) is 4.72 Å². The lowest BCUT2D eigenvalue weighted by atomic mass is 10.3. The van der Waals surface area contributed by atoms with Crippen molar-refractivity contribution < 1.29 is 0 Å². The molecule has 0 aromatic rings. The maximum absolute atomic E-state index is 5.03. The van der Waals surface area contributed by atoms with Crippen molar-refractivity contribution in [3.05, 3.63) is 0 Å². The zero-order valence-electron chi connectivity index (χ0n) is 6.19. The fourth-order valence-corrected chi connectivity index (χ4v) is 0.883. The molecule has 0 aromatic carbocycles. The molecule has 52 valence electrons. The Balaban J connectivity index is 3.20. The van der Waals surface area contributed by atoms with Crippen molar-refractivity contribution in [1.29, 1.82) is 0 Å². The van der Waals surface area contributed by atoms with Gasteiger partial charge >= 0.3 is 0 Å². The summed E-state index contributed by atoms with van der Waals surface area (Å²) in [7, 11) is 0. The third-order valence-electron chi connectivity index (χ3n) is 0.553. The van der Waals surface area contributed by atoms with Crippen LogP contribution in [0.15, 0.2) is 0 Å². The van der Waals surface area contributed by atoms with Crippen LogP contribution in [0.3, 0.4) is 0 Å². The van der Waals surface area contributed by atoms with Crippen LogP contribution in [-0.2, 0) is 0 Å².